The van der Waals surface area contributed by atoms with Gasteiger partial charge in [0.15, 0.2) is 46.0 Å². The van der Waals surface area contributed by atoms with Gasteiger partial charge in [0.25, 0.3) is 23.6 Å². The number of fused-ring (bicyclic) bond motifs is 3. The predicted octanol–water partition coefficient (Wildman–Crippen LogP) is 19.3. The number of amides is 3. The Bertz CT molecular complexity index is 6740. The van der Waals surface area contributed by atoms with Crippen LogP contribution in [-0.4, -0.2) is 178 Å². The number of aliphatic hydroxyl groups excluding tert-OH is 1. The summed E-state index contributed by atoms with van der Waals surface area (Å²) in [4.78, 5) is 165. The molecular weight excluding hydrogens is 1970 g/mol. The van der Waals surface area contributed by atoms with E-state index in [4.69, 9.17) is 84.6 Å². The van der Waals surface area contributed by atoms with E-state index in [1.165, 1.54) is 43.4 Å². The van der Waals surface area contributed by atoms with Crippen LogP contribution < -0.4 is 28.7 Å². The zero-order valence-corrected chi connectivity index (χ0v) is 87.1. The summed E-state index contributed by atoms with van der Waals surface area (Å²) < 4.78 is 30.0. The van der Waals surface area contributed by atoms with Gasteiger partial charge in [-0.25, -0.2) is 29.9 Å². The number of aliphatic hydroxyl groups is 1. The molecule has 3 saturated heterocycles. The minimum atomic E-state index is -1.26. The lowest BCUT2D eigenvalue weighted by molar-refractivity contribution is -0.145. The number of likely N-dealkylation sites (tertiary alicyclic amines) is 3. The maximum Gasteiger partial charge on any atom is 0.264 e. The number of oxazole rings is 3. The molecule has 10 atom stereocenters. The molecule has 3 amide bonds. The third kappa shape index (κ3) is 29.1. The third-order valence-electron chi connectivity index (χ3n) is 28.8. The number of carbonyl (C=O) groups excluding carboxylic acids is 9. The van der Waals surface area contributed by atoms with Gasteiger partial charge in [0.1, 0.15) is 22.7 Å². The van der Waals surface area contributed by atoms with Crippen molar-refractivity contribution in [1.82, 2.24) is 39.6 Å². The van der Waals surface area contributed by atoms with Crippen molar-refractivity contribution in [3.8, 4) is 0 Å². The number of Topliss-reactive ketones (excluding diaryl/α,β-unsaturated/α-hetero) is 6. The monoisotopic (exact) mass is 2090 g/mol. The Morgan fingerprint density at radius 1 is 0.463 bits per heavy atom. The highest BCUT2D eigenvalue weighted by Crippen LogP contribution is 2.42. The van der Waals surface area contributed by atoms with Crippen LogP contribution in [0, 0.1) is 31.6 Å². The van der Waals surface area contributed by atoms with Crippen LogP contribution >= 0.6 is 45.9 Å². The number of unbranched alkanes of at least 4 members (excludes halogenated alkanes) is 1. The number of guanidine groups is 2. The first-order valence-corrected chi connectivity index (χ1v) is 54.1. The van der Waals surface area contributed by atoms with E-state index in [1.807, 2.05) is 147 Å². The number of nitrogens with two attached hydrogens (primary N) is 5. The number of rotatable bonds is 43. The van der Waals surface area contributed by atoms with Gasteiger partial charge >= 0.3 is 0 Å². The number of hydrogen-bond acceptors (Lipinski definition) is 25. The number of nitrogens with zero attached hydrogens (tertiary/aromatic N) is 10. The number of aliphatic imine (C=N–C) groups is 2. The Labute approximate surface area is 884 Å². The standard InChI is InChI=1S/C42H45ClN6O5S.C38H45ClN4O5S.C35H39N5O5/c1-25-34(48-41(55-25)28-7-3-2-4-8-28)22-38(51)49-23-32(53-24-27-11-15-30(43)16-12-27)21-35(49)36(50)20-29(19-26-13-17-31(18-14-26)46-42(44)45)39(52)40-47-33-9-5-6-10-37(33)54-40;1-24-31(42-38(49-24)26-9-3-2-4-10-26)21-35(45)43-22-29(47-23-25-14-16-28(39)17-15-25)20-32(43)33(44)19-27(11-7-8-18-40)36(46)37-41-30-12-5-6-13-34(30)48-37;36-35(37)38-20-9-14-25(32(43)33-39-27-15-7-8-16-30(27)45-33)22-29(42)31-26(24-12-5-2-6-13-24)19-21-40(31)34(44)28(41)18-17-23-10-3-1-4-11-23/h5-6,9-18,28-29,32,35H,2-4,7-8,19-24H2,1H3,(H4,44,45,46);5-6,12-17,26-27,29,32H,2-4,7-11,18-23,40H2,1H3;1-8,10-13,15-16,25-26,28,31,41H,9,14,17-22H2,(H4,36,37,38)/t29-,32-,35+;27-,29-,32+;25-,26-,28-,31+/m111/s1. The summed E-state index contributed by atoms with van der Waals surface area (Å²) >= 11 is 15.5. The van der Waals surface area contributed by atoms with Crippen LogP contribution in [0.15, 0.2) is 229 Å². The molecule has 11 N–H and O–H groups in total. The minimum absolute atomic E-state index is 0.00283. The third-order valence-corrected chi connectivity index (χ3v) is 31.7. The van der Waals surface area contributed by atoms with E-state index < -0.39 is 59.8 Å². The molecule has 18 rings (SSSR count). The smallest absolute Gasteiger partial charge is 0.264 e. The van der Waals surface area contributed by atoms with Crippen molar-refractivity contribution in [3.63, 3.8) is 0 Å². The number of ether oxygens (including phenoxy) is 2. The van der Waals surface area contributed by atoms with Gasteiger partial charge in [0.2, 0.25) is 29.2 Å². The van der Waals surface area contributed by atoms with E-state index in [1.54, 1.807) is 105 Å². The van der Waals surface area contributed by atoms with Crippen LogP contribution in [0.1, 0.15) is 250 Å². The molecule has 149 heavy (non-hydrogen) atoms. The zero-order chi connectivity index (χ0) is 105. The van der Waals surface area contributed by atoms with Crippen LogP contribution in [0.4, 0.5) is 5.69 Å². The molecule has 0 bridgehead atoms. The molecule has 8 heterocycles. The second kappa shape index (κ2) is 52.3. The van der Waals surface area contributed by atoms with Gasteiger partial charge in [0.05, 0.1) is 83.5 Å². The lowest BCUT2D eigenvalue weighted by atomic mass is 9.84. The van der Waals surface area contributed by atoms with Gasteiger partial charge in [-0.3, -0.25) is 48.1 Å². The molecule has 780 valence electrons. The first-order chi connectivity index (χ1) is 72.2. The number of aryl methyl sites for hydroxylation is 3. The van der Waals surface area contributed by atoms with E-state index in [2.05, 4.69) is 24.9 Å². The predicted molar refractivity (Wildman–Crippen MR) is 576 cm³/mol. The highest BCUT2D eigenvalue weighted by atomic mass is 35.5. The number of carbonyl (C=O) groups is 9. The molecule has 0 spiro atoms. The largest absolute Gasteiger partial charge is 0.434 e. The Hall–Kier alpha value is -13.2. The zero-order valence-electron chi connectivity index (χ0n) is 84.0. The maximum atomic E-state index is 14.5. The van der Waals surface area contributed by atoms with Crippen molar-refractivity contribution in [2.75, 3.05) is 32.7 Å². The number of aromatic nitrogens is 5. The van der Waals surface area contributed by atoms with E-state index in [0.29, 0.717) is 152 Å². The molecule has 0 radical (unpaired) electrons. The number of benzene rings is 8. The van der Waals surface area contributed by atoms with Crippen LogP contribution in [0.3, 0.4) is 0 Å². The fraction of sp³-hybridized carbons (Fsp3) is 0.409. The van der Waals surface area contributed by atoms with Gasteiger partial charge < -0.3 is 71.2 Å². The molecule has 2 saturated carbocycles. The number of hydrogen-bond donors (Lipinski definition) is 6. The molecule has 3 aliphatic heterocycles. The second-order valence-electron chi connectivity index (χ2n) is 39.5. The lowest BCUT2D eigenvalue weighted by Gasteiger charge is -2.30. The van der Waals surface area contributed by atoms with E-state index >= 15 is 0 Å². The molecular formula is C115H129Cl2N15O15S2. The number of para-hydroxylation sites is 6. The Morgan fingerprint density at radius 2 is 0.893 bits per heavy atom. The van der Waals surface area contributed by atoms with Crippen LogP contribution in [0.25, 0.3) is 33.3 Å². The summed E-state index contributed by atoms with van der Waals surface area (Å²) in [5.74, 6) is -4.37. The Balaban J connectivity index is 0.000000160. The number of ketones is 6. The van der Waals surface area contributed by atoms with Gasteiger partial charge in [-0.05, 0) is 198 Å². The van der Waals surface area contributed by atoms with Gasteiger partial charge in [0, 0.05) is 114 Å². The number of thiazole rings is 2. The summed E-state index contributed by atoms with van der Waals surface area (Å²) in [6.45, 7) is 6.33. The van der Waals surface area contributed by atoms with E-state index in [0.717, 1.165) is 91.1 Å². The molecule has 2 aliphatic carbocycles. The summed E-state index contributed by atoms with van der Waals surface area (Å²) in [6.07, 6.45) is 14.7. The normalized spacial score (nSPS) is 18.2. The van der Waals surface area contributed by atoms with Crippen molar-refractivity contribution in [2.45, 2.75) is 248 Å². The van der Waals surface area contributed by atoms with Crippen molar-refractivity contribution < 1.29 is 71.0 Å². The van der Waals surface area contributed by atoms with E-state index in [9.17, 15) is 48.3 Å². The quantitative estimate of drug-likeness (QED) is 0.00894. The number of halogens is 2. The lowest BCUT2D eigenvalue weighted by Crippen LogP contribution is -2.47. The summed E-state index contributed by atoms with van der Waals surface area (Å²) in [6, 6.07) is 60.3. The second-order valence-corrected chi connectivity index (χ2v) is 42.8. The first-order valence-electron chi connectivity index (χ1n) is 51.7. The summed E-state index contributed by atoms with van der Waals surface area (Å²) in [5.41, 5.74) is 37.8. The SMILES string of the molecule is Cc1sc(C2CCCCC2)nc1CC(=O)N1C[C@H](OCc2ccc(Cl)cc2)C[C@H]1C(=O)C[C@@H](CCCCN)C(=O)c1nc2ccccc2o1.Cc1sc(C2CCCCC2)nc1CC(=O)N1C[C@H](OCc2ccc(Cl)cc2)C[C@H]1C(=O)C[C@@H](Cc1ccc(N=C(N)N)cc1)C(=O)c1nc2ccccc2o1.NC(N)=NCCC[C@H](CC(=O)[C@@H]1[C@@H](c2ccccc2)CCN1C(=O)[C@H](O)CCc1ccccc1)C(=O)c1nc2ccccc2o1. The highest BCUT2D eigenvalue weighted by Gasteiger charge is 2.48. The minimum Gasteiger partial charge on any atom is -0.434 e. The molecule has 30 nitrogen and oxygen atoms in total. The topological polar surface area (TPSA) is 461 Å². The van der Waals surface area contributed by atoms with Crippen molar-refractivity contribution in [1.29, 1.82) is 0 Å². The first kappa shape index (κ1) is 109. The molecule has 5 aromatic heterocycles. The maximum absolute atomic E-state index is 14.5. The van der Waals surface area contributed by atoms with Crippen molar-refractivity contribution in [2.24, 2.45) is 56.4 Å². The molecule has 5 aliphatic rings. The van der Waals surface area contributed by atoms with E-state index in [-0.39, 0.29) is 134 Å². The van der Waals surface area contributed by atoms with Crippen LogP contribution in [0.5, 0.6) is 0 Å². The Kier molecular flexibility index (Phi) is 38.1. The van der Waals surface area contributed by atoms with Gasteiger partial charge in [-0.1, -0.05) is 202 Å². The van der Waals surface area contributed by atoms with Crippen molar-refractivity contribution >= 4 is 149 Å². The fourth-order valence-corrected chi connectivity index (χ4v) is 23.3. The highest BCUT2D eigenvalue weighted by molar-refractivity contribution is 7.12. The van der Waals surface area contributed by atoms with Gasteiger partial charge in [-0.2, -0.15) is 0 Å². The fourth-order valence-electron chi connectivity index (χ4n) is 20.8. The summed E-state index contributed by atoms with van der Waals surface area (Å²) in [5, 5.41) is 14.5. The average molecular weight is 2100 g/mol. The molecule has 8 aromatic carbocycles. The molecule has 34 heteroatoms. The Morgan fingerprint density at radius 3 is 1.35 bits per heavy atom. The van der Waals surface area contributed by atoms with Crippen LogP contribution in [-0.2, 0) is 77.1 Å². The molecule has 0 unspecified atom stereocenters. The molecule has 5 fully saturated rings. The van der Waals surface area contributed by atoms with Gasteiger partial charge in [-0.15, -0.1) is 22.7 Å². The average Bonchev–Trinajstić information content (AvgIpc) is 1.64. The summed E-state index contributed by atoms with van der Waals surface area (Å²) in [7, 11) is 0. The van der Waals surface area contributed by atoms with Crippen molar-refractivity contribution in [3.05, 3.63) is 293 Å². The van der Waals surface area contributed by atoms with Crippen LogP contribution in [0.2, 0.25) is 10.0 Å². The molecule has 13 aromatic rings.